The van der Waals surface area contributed by atoms with Gasteiger partial charge in [0.2, 0.25) is 11.7 Å². The van der Waals surface area contributed by atoms with Crippen molar-refractivity contribution in [1.82, 2.24) is 20.6 Å². The van der Waals surface area contributed by atoms with Gasteiger partial charge in [0.15, 0.2) is 0 Å². The van der Waals surface area contributed by atoms with E-state index in [1.54, 1.807) is 6.07 Å². The number of nitrogens with zero attached hydrogens (tertiary/aromatic N) is 2. The highest BCUT2D eigenvalue weighted by Crippen LogP contribution is 2.26. The lowest BCUT2D eigenvalue weighted by Gasteiger charge is -2.20. The van der Waals surface area contributed by atoms with Crippen LogP contribution in [0.3, 0.4) is 0 Å². The van der Waals surface area contributed by atoms with Gasteiger partial charge in [0.05, 0.1) is 6.04 Å². The third-order valence-corrected chi connectivity index (χ3v) is 7.66. The van der Waals surface area contributed by atoms with Crippen molar-refractivity contribution in [2.75, 3.05) is 6.54 Å². The van der Waals surface area contributed by atoms with Gasteiger partial charge in [-0.15, -0.1) is 0 Å². The van der Waals surface area contributed by atoms with Crippen LogP contribution in [0.2, 0.25) is 0 Å². The first-order valence-electron chi connectivity index (χ1n) is 15.1. The van der Waals surface area contributed by atoms with E-state index in [9.17, 15) is 14.4 Å². The second-order valence-corrected chi connectivity index (χ2v) is 10.9. The molecule has 5 aromatic rings. The molecule has 2 amide bonds. The van der Waals surface area contributed by atoms with Crippen LogP contribution >= 0.6 is 0 Å². The van der Waals surface area contributed by atoms with Crippen LogP contribution in [0, 0.1) is 0 Å². The lowest BCUT2D eigenvalue weighted by atomic mass is 9.98. The topological polar surface area (TPSA) is 120 Å². The molecule has 1 aliphatic carbocycles. The fourth-order valence-corrected chi connectivity index (χ4v) is 5.34. The highest BCUT2D eigenvalue weighted by atomic mass is 16.5. The van der Waals surface area contributed by atoms with Crippen molar-refractivity contribution >= 4 is 17.8 Å². The molecule has 46 heavy (non-hydrogen) atoms. The van der Waals surface area contributed by atoms with Gasteiger partial charge in [0.25, 0.3) is 11.8 Å². The number of amides is 2. The molecule has 0 bridgehead atoms. The third-order valence-electron chi connectivity index (χ3n) is 7.66. The number of hydrogen-bond donors (Lipinski definition) is 2. The van der Waals surface area contributed by atoms with E-state index in [0.29, 0.717) is 5.75 Å². The molecular formula is C37H32N4O5. The van der Waals surface area contributed by atoms with Crippen molar-refractivity contribution in [2.45, 2.75) is 31.9 Å². The van der Waals surface area contributed by atoms with E-state index in [2.05, 4.69) is 20.6 Å². The van der Waals surface area contributed by atoms with Crippen molar-refractivity contribution in [3.8, 4) is 11.6 Å². The minimum absolute atomic E-state index is 0.0559. The first kappa shape index (κ1) is 30.2. The summed E-state index contributed by atoms with van der Waals surface area (Å²) in [4.78, 5) is 47.7. The number of nitrogens with one attached hydrogen (secondary N) is 2. The zero-order valence-electron chi connectivity index (χ0n) is 25.0. The molecule has 1 aliphatic rings. The number of carbonyl (C=O) groups is 3. The van der Waals surface area contributed by atoms with Crippen LogP contribution in [0.1, 0.15) is 61.3 Å². The summed E-state index contributed by atoms with van der Waals surface area (Å²) in [5.41, 5.74) is 5.12. The summed E-state index contributed by atoms with van der Waals surface area (Å²) in [6.07, 6.45) is 4.32. The van der Waals surface area contributed by atoms with Crippen LogP contribution in [0.25, 0.3) is 0 Å². The van der Waals surface area contributed by atoms with Crippen LogP contribution in [0.5, 0.6) is 11.6 Å². The number of benzene rings is 4. The Bertz CT molecular complexity index is 1790. The number of esters is 1. The lowest BCUT2D eigenvalue weighted by Crippen LogP contribution is -2.33. The second-order valence-electron chi connectivity index (χ2n) is 10.9. The summed E-state index contributed by atoms with van der Waals surface area (Å²) in [5, 5.41) is 5.57. The van der Waals surface area contributed by atoms with Crippen molar-refractivity contribution in [3.05, 3.63) is 155 Å². The second kappa shape index (κ2) is 14.3. The van der Waals surface area contributed by atoms with Crippen molar-refractivity contribution in [1.29, 1.82) is 0 Å². The molecule has 0 radical (unpaired) electrons. The normalized spacial score (nSPS) is 11.8. The minimum atomic E-state index is -0.714. The molecule has 9 heteroatoms. The zero-order valence-corrected chi connectivity index (χ0v) is 25.0. The molecule has 0 saturated heterocycles. The quantitative estimate of drug-likeness (QED) is 0.151. The highest BCUT2D eigenvalue weighted by molar-refractivity contribution is 5.98. The number of rotatable bonds is 11. The molecular weight excluding hydrogens is 580 g/mol. The number of hydrogen-bond acceptors (Lipinski definition) is 7. The van der Waals surface area contributed by atoms with Crippen LogP contribution in [0.15, 0.2) is 115 Å². The van der Waals surface area contributed by atoms with Crippen LogP contribution in [0.4, 0.5) is 0 Å². The number of ether oxygens (including phenoxy) is 2. The van der Waals surface area contributed by atoms with Crippen molar-refractivity contribution in [3.63, 3.8) is 0 Å². The Hall–Kier alpha value is -5.83. The first-order chi connectivity index (χ1) is 22.5. The van der Waals surface area contributed by atoms with E-state index in [1.165, 1.54) is 17.3 Å². The van der Waals surface area contributed by atoms with Crippen molar-refractivity contribution < 1.29 is 23.9 Å². The Labute approximate surface area is 266 Å². The van der Waals surface area contributed by atoms with Gasteiger partial charge in [0.1, 0.15) is 24.5 Å². The molecule has 0 atom stereocenters. The maximum atomic E-state index is 13.7. The average molecular weight is 613 g/mol. The predicted molar refractivity (Wildman–Crippen MR) is 171 cm³/mol. The van der Waals surface area contributed by atoms with Gasteiger partial charge >= 0.3 is 5.97 Å². The highest BCUT2D eigenvalue weighted by Gasteiger charge is 2.24. The van der Waals surface area contributed by atoms with Gasteiger partial charge in [-0.2, -0.15) is 4.98 Å². The summed E-state index contributed by atoms with van der Waals surface area (Å²) in [6, 6.07) is 33.7. The number of fused-ring (bicyclic) bond motifs is 1. The molecule has 0 fully saturated rings. The van der Waals surface area contributed by atoms with Crippen LogP contribution < -0.4 is 20.1 Å². The molecule has 230 valence electrons. The van der Waals surface area contributed by atoms with Crippen LogP contribution in [-0.2, 0) is 24.2 Å². The molecule has 9 nitrogen and oxygen atoms in total. The summed E-state index contributed by atoms with van der Waals surface area (Å²) in [5.74, 6) is -1.71. The maximum absolute atomic E-state index is 13.7. The van der Waals surface area contributed by atoms with E-state index < -0.39 is 30.4 Å². The summed E-state index contributed by atoms with van der Waals surface area (Å²) in [6.45, 7) is -0.287. The number of aryl methyl sites for hydroxylation is 2. The van der Waals surface area contributed by atoms with Crippen molar-refractivity contribution in [2.24, 2.45) is 0 Å². The van der Waals surface area contributed by atoms with Crippen LogP contribution in [-0.4, -0.2) is 34.3 Å². The molecule has 6 rings (SSSR count). The molecule has 0 saturated carbocycles. The molecule has 0 spiro atoms. The van der Waals surface area contributed by atoms with E-state index in [-0.39, 0.29) is 23.9 Å². The molecule has 1 aromatic heterocycles. The number of aromatic nitrogens is 2. The smallest absolute Gasteiger partial charge is 0.330 e. The predicted octanol–water partition coefficient (Wildman–Crippen LogP) is 5.40. The largest absolute Gasteiger partial charge is 0.472 e. The SMILES string of the molecule is O=C(CNC(=O)c1ncc(C(=O)NC(c2ccccc2)c2ccccc2)c(OCc2ccccc2)n1)Oc1ccc2c(c1)CCC2. The minimum Gasteiger partial charge on any atom is -0.472 e. The van der Waals surface area contributed by atoms with Gasteiger partial charge in [-0.1, -0.05) is 97.1 Å². The standard InChI is InChI=1S/C37H32N4O5/c42-32(46-30-20-19-26-17-10-18-29(26)21-30)23-39-36(44)34-38-22-31(37(41-34)45-24-25-11-4-1-5-12-25)35(43)40-33(27-13-6-2-7-14-27)28-15-8-3-9-16-28/h1-9,11-16,19-22,33H,10,17-18,23-24H2,(H,39,44)(H,40,43). The molecule has 2 N–H and O–H groups in total. The van der Waals surface area contributed by atoms with E-state index in [4.69, 9.17) is 9.47 Å². The Morgan fingerprint density at radius 3 is 2.11 bits per heavy atom. The lowest BCUT2D eigenvalue weighted by molar-refractivity contribution is -0.133. The van der Waals surface area contributed by atoms with E-state index in [0.717, 1.165) is 36.0 Å². The third kappa shape index (κ3) is 7.44. The van der Waals surface area contributed by atoms with Gasteiger partial charge in [0, 0.05) is 6.20 Å². The Morgan fingerprint density at radius 1 is 0.761 bits per heavy atom. The average Bonchev–Trinajstić information content (AvgIpc) is 3.58. The van der Waals surface area contributed by atoms with E-state index in [1.807, 2.05) is 103 Å². The molecule has 0 unspecified atom stereocenters. The summed E-state index contributed by atoms with van der Waals surface area (Å²) >= 11 is 0. The summed E-state index contributed by atoms with van der Waals surface area (Å²) < 4.78 is 11.4. The summed E-state index contributed by atoms with van der Waals surface area (Å²) in [7, 11) is 0. The molecule has 1 heterocycles. The van der Waals surface area contributed by atoms with Gasteiger partial charge in [-0.3, -0.25) is 9.59 Å². The Morgan fingerprint density at radius 2 is 1.41 bits per heavy atom. The molecule has 4 aromatic carbocycles. The Balaban J connectivity index is 1.19. The van der Waals surface area contributed by atoms with Gasteiger partial charge in [-0.05, 0) is 59.2 Å². The first-order valence-corrected chi connectivity index (χ1v) is 15.1. The number of carbonyl (C=O) groups excluding carboxylic acids is 3. The van der Waals surface area contributed by atoms with Gasteiger partial charge < -0.3 is 20.1 Å². The van der Waals surface area contributed by atoms with Gasteiger partial charge in [-0.25, -0.2) is 9.78 Å². The fraction of sp³-hybridized carbons (Fsp3) is 0.162. The van der Waals surface area contributed by atoms with E-state index >= 15 is 0 Å². The monoisotopic (exact) mass is 612 g/mol. The Kier molecular flexibility index (Phi) is 9.39. The zero-order chi connectivity index (χ0) is 31.7. The fourth-order valence-electron chi connectivity index (χ4n) is 5.34. The maximum Gasteiger partial charge on any atom is 0.330 e. The molecule has 0 aliphatic heterocycles.